The normalized spacial score (nSPS) is 12.4. The summed E-state index contributed by atoms with van der Waals surface area (Å²) in [4.78, 5) is 23.2. The maximum absolute atomic E-state index is 13.6. The molecule has 0 bridgehead atoms. The lowest BCUT2D eigenvalue weighted by Gasteiger charge is -2.14. The molecule has 0 radical (unpaired) electrons. The van der Waals surface area contributed by atoms with E-state index in [0.29, 0.717) is 24.8 Å². The molecule has 3 aromatic rings. The molecule has 0 atom stereocenters. The molecule has 1 aliphatic rings. The fourth-order valence-electron chi connectivity index (χ4n) is 3.94. The molecule has 0 aromatic heterocycles. The van der Waals surface area contributed by atoms with Crippen LogP contribution in [0.1, 0.15) is 39.4 Å². The molecule has 156 valence electrons. The molecule has 0 spiro atoms. The van der Waals surface area contributed by atoms with Gasteiger partial charge in [0.2, 0.25) is 0 Å². The van der Waals surface area contributed by atoms with Crippen LogP contribution in [0.2, 0.25) is 0 Å². The van der Waals surface area contributed by atoms with E-state index in [1.165, 1.54) is 28.3 Å². The van der Waals surface area contributed by atoms with Gasteiger partial charge in [0.05, 0.1) is 5.56 Å². The first-order valence-corrected chi connectivity index (χ1v) is 10.2. The molecular formula is C26H22FNO3. The first-order valence-electron chi connectivity index (χ1n) is 10.2. The summed E-state index contributed by atoms with van der Waals surface area (Å²) in [6.45, 7) is 0.639. The van der Waals surface area contributed by atoms with E-state index < -0.39 is 11.9 Å². The highest BCUT2D eigenvalue weighted by Gasteiger charge is 2.28. The second-order valence-corrected chi connectivity index (χ2v) is 7.30. The topological polar surface area (TPSA) is 55.4 Å². The summed E-state index contributed by atoms with van der Waals surface area (Å²) >= 11 is 0. The predicted molar refractivity (Wildman–Crippen MR) is 119 cm³/mol. The van der Waals surface area contributed by atoms with Crippen LogP contribution in [-0.2, 0) is 4.74 Å². The Bertz CT molecular complexity index is 1090. The van der Waals surface area contributed by atoms with Gasteiger partial charge >= 0.3 is 6.09 Å². The van der Waals surface area contributed by atoms with Crippen LogP contribution >= 0.6 is 0 Å². The van der Waals surface area contributed by atoms with Gasteiger partial charge in [0.15, 0.2) is 6.29 Å². The first kappa shape index (κ1) is 20.5. The van der Waals surface area contributed by atoms with Gasteiger partial charge in [-0.2, -0.15) is 0 Å². The summed E-state index contributed by atoms with van der Waals surface area (Å²) in [6, 6.07) is 20.8. The standard InChI is InChI=1S/C26H22FNO3/c27-25-14-7-9-18(23(25)16-29)8-5-6-15-28-26(30)31-17-24-21-12-3-1-10-19(21)20-11-2-4-13-22(20)24/h1-5,7-14,16,24H,6,15,17H2,(H,28,30). The molecule has 0 fully saturated rings. The van der Waals surface area contributed by atoms with Crippen LogP contribution in [0.4, 0.5) is 9.18 Å². The van der Waals surface area contributed by atoms with Crippen molar-refractivity contribution in [2.45, 2.75) is 12.3 Å². The minimum absolute atomic E-state index is 0.0211. The van der Waals surface area contributed by atoms with Crippen molar-refractivity contribution in [3.8, 4) is 11.1 Å². The largest absolute Gasteiger partial charge is 0.449 e. The summed E-state index contributed by atoms with van der Waals surface area (Å²) in [7, 11) is 0. The summed E-state index contributed by atoms with van der Waals surface area (Å²) in [6.07, 6.45) is 4.01. The molecule has 1 aliphatic carbocycles. The fraction of sp³-hybridized carbons (Fsp3) is 0.154. The third kappa shape index (κ3) is 4.40. The molecule has 1 N–H and O–H groups in total. The summed E-state index contributed by atoms with van der Waals surface area (Å²) in [5.41, 5.74) is 5.24. The fourth-order valence-corrected chi connectivity index (χ4v) is 3.94. The number of rotatable bonds is 7. The number of carbonyl (C=O) groups is 2. The Morgan fingerprint density at radius 1 is 0.968 bits per heavy atom. The molecule has 1 amide bonds. The Kier molecular flexibility index (Phi) is 6.22. The third-order valence-corrected chi connectivity index (χ3v) is 5.43. The van der Waals surface area contributed by atoms with Crippen molar-refractivity contribution >= 4 is 18.5 Å². The lowest BCUT2D eigenvalue weighted by atomic mass is 9.98. The number of hydrogen-bond acceptors (Lipinski definition) is 3. The van der Waals surface area contributed by atoms with Crippen LogP contribution in [0.25, 0.3) is 17.2 Å². The van der Waals surface area contributed by atoms with Gasteiger partial charge in [0, 0.05) is 12.5 Å². The van der Waals surface area contributed by atoms with E-state index in [9.17, 15) is 14.0 Å². The third-order valence-electron chi connectivity index (χ3n) is 5.43. The average molecular weight is 415 g/mol. The number of fused-ring (bicyclic) bond motifs is 3. The number of carbonyl (C=O) groups excluding carboxylic acids is 2. The summed E-state index contributed by atoms with van der Waals surface area (Å²) in [5, 5.41) is 2.72. The van der Waals surface area contributed by atoms with Crippen molar-refractivity contribution < 1.29 is 18.7 Å². The van der Waals surface area contributed by atoms with E-state index in [0.717, 1.165) is 0 Å². The van der Waals surface area contributed by atoms with Crippen LogP contribution in [0.5, 0.6) is 0 Å². The predicted octanol–water partition coefficient (Wildman–Crippen LogP) is 5.58. The molecule has 3 aromatic carbocycles. The van der Waals surface area contributed by atoms with Crippen molar-refractivity contribution in [3.63, 3.8) is 0 Å². The number of benzene rings is 3. The molecule has 4 nitrogen and oxygen atoms in total. The van der Waals surface area contributed by atoms with Crippen molar-refractivity contribution in [3.05, 3.63) is 101 Å². The van der Waals surface area contributed by atoms with Gasteiger partial charge in [-0.05, 0) is 40.3 Å². The van der Waals surface area contributed by atoms with E-state index in [4.69, 9.17) is 4.74 Å². The molecule has 0 saturated carbocycles. The van der Waals surface area contributed by atoms with Crippen molar-refractivity contribution in [1.82, 2.24) is 5.32 Å². The van der Waals surface area contributed by atoms with Gasteiger partial charge in [-0.25, -0.2) is 9.18 Å². The van der Waals surface area contributed by atoms with Crippen LogP contribution in [0.3, 0.4) is 0 Å². The highest BCUT2D eigenvalue weighted by Crippen LogP contribution is 2.44. The average Bonchev–Trinajstić information content (AvgIpc) is 3.11. The number of aldehydes is 1. The molecule has 31 heavy (non-hydrogen) atoms. The van der Waals surface area contributed by atoms with E-state index in [-0.39, 0.29) is 18.1 Å². The molecular weight excluding hydrogens is 393 g/mol. The summed E-state index contributed by atoms with van der Waals surface area (Å²) in [5.74, 6) is -0.526. The van der Waals surface area contributed by atoms with Gasteiger partial charge in [0.1, 0.15) is 12.4 Å². The number of ether oxygens (including phenoxy) is 1. The molecule has 0 aliphatic heterocycles. The lowest BCUT2D eigenvalue weighted by Crippen LogP contribution is -2.26. The maximum Gasteiger partial charge on any atom is 0.407 e. The Labute approximate surface area is 180 Å². The number of alkyl carbamates (subject to hydrolysis) is 1. The second-order valence-electron chi connectivity index (χ2n) is 7.30. The van der Waals surface area contributed by atoms with E-state index in [1.807, 2.05) is 24.3 Å². The van der Waals surface area contributed by atoms with Crippen LogP contribution in [0.15, 0.2) is 72.8 Å². The minimum atomic E-state index is -0.547. The number of hydrogen-bond donors (Lipinski definition) is 1. The van der Waals surface area contributed by atoms with Gasteiger partial charge in [-0.1, -0.05) is 72.8 Å². The van der Waals surface area contributed by atoms with E-state index in [2.05, 4.69) is 29.6 Å². The quantitative estimate of drug-likeness (QED) is 0.405. The van der Waals surface area contributed by atoms with Crippen LogP contribution in [-0.4, -0.2) is 25.5 Å². The summed E-state index contributed by atoms with van der Waals surface area (Å²) < 4.78 is 19.1. The van der Waals surface area contributed by atoms with Gasteiger partial charge < -0.3 is 10.1 Å². The molecule has 5 heteroatoms. The Morgan fingerprint density at radius 3 is 2.32 bits per heavy atom. The SMILES string of the molecule is O=Cc1c(F)cccc1C=CCCNC(=O)OCC1c2ccccc2-c2ccccc21. The van der Waals surface area contributed by atoms with Crippen molar-refractivity contribution in [2.24, 2.45) is 0 Å². The number of amides is 1. The Hall–Kier alpha value is -3.73. The minimum Gasteiger partial charge on any atom is -0.449 e. The lowest BCUT2D eigenvalue weighted by molar-refractivity contribution is 0.111. The van der Waals surface area contributed by atoms with Gasteiger partial charge in [-0.15, -0.1) is 0 Å². The smallest absolute Gasteiger partial charge is 0.407 e. The zero-order chi connectivity index (χ0) is 21.6. The number of nitrogens with one attached hydrogen (secondary N) is 1. The zero-order valence-corrected chi connectivity index (χ0v) is 16.9. The number of halogens is 1. The molecule has 4 rings (SSSR count). The first-order chi connectivity index (χ1) is 15.2. The molecule has 0 unspecified atom stereocenters. The van der Waals surface area contributed by atoms with Crippen molar-refractivity contribution in [2.75, 3.05) is 13.2 Å². The van der Waals surface area contributed by atoms with Crippen molar-refractivity contribution in [1.29, 1.82) is 0 Å². The Balaban J connectivity index is 1.29. The maximum atomic E-state index is 13.6. The highest BCUT2D eigenvalue weighted by molar-refractivity contribution is 5.82. The van der Waals surface area contributed by atoms with E-state index in [1.54, 1.807) is 24.3 Å². The Morgan fingerprint density at radius 2 is 1.65 bits per heavy atom. The second kappa shape index (κ2) is 9.39. The highest BCUT2D eigenvalue weighted by atomic mass is 19.1. The van der Waals surface area contributed by atoms with E-state index >= 15 is 0 Å². The molecule has 0 saturated heterocycles. The van der Waals surface area contributed by atoms with Gasteiger partial charge in [0.25, 0.3) is 0 Å². The zero-order valence-electron chi connectivity index (χ0n) is 16.9. The monoisotopic (exact) mass is 415 g/mol. The van der Waals surface area contributed by atoms with Crippen LogP contribution in [0, 0.1) is 5.82 Å². The molecule has 0 heterocycles. The van der Waals surface area contributed by atoms with Crippen LogP contribution < -0.4 is 5.32 Å². The van der Waals surface area contributed by atoms with Gasteiger partial charge in [-0.3, -0.25) is 4.79 Å².